The first-order valence-corrected chi connectivity index (χ1v) is 9.62. The van der Waals surface area contributed by atoms with Gasteiger partial charge in [-0.15, -0.1) is 0 Å². The molecule has 0 radical (unpaired) electrons. The first-order chi connectivity index (χ1) is 12.2. The standard InChI is InChI=1S/C19H31ClN4O/c1-3-21-19(22-8-7-17-5-4-6-18(20)13-17)23-14-16(2)15-24-9-11-25-12-10-24/h4-6,13,16H,3,7-12,14-15H2,1-2H3,(H2,21,22,23). The largest absolute Gasteiger partial charge is 0.379 e. The second-order valence-corrected chi connectivity index (χ2v) is 6.98. The SMILES string of the molecule is CCNC(=NCC(C)CN1CCOCC1)NCCc1cccc(Cl)c1. The molecule has 1 aromatic rings. The van der Waals surface area contributed by atoms with Crippen LogP contribution in [0.5, 0.6) is 0 Å². The normalized spacial score (nSPS) is 17.3. The highest BCUT2D eigenvalue weighted by atomic mass is 35.5. The summed E-state index contributed by atoms with van der Waals surface area (Å²) < 4.78 is 5.40. The zero-order chi connectivity index (χ0) is 17.9. The Morgan fingerprint density at radius 3 is 2.84 bits per heavy atom. The lowest BCUT2D eigenvalue weighted by atomic mass is 10.1. The lowest BCUT2D eigenvalue weighted by Gasteiger charge is -2.28. The topological polar surface area (TPSA) is 48.9 Å². The Bertz CT molecular complexity index is 532. The second-order valence-electron chi connectivity index (χ2n) is 6.54. The van der Waals surface area contributed by atoms with Gasteiger partial charge in [0.1, 0.15) is 0 Å². The van der Waals surface area contributed by atoms with E-state index in [9.17, 15) is 0 Å². The van der Waals surface area contributed by atoms with Gasteiger partial charge in [0.2, 0.25) is 0 Å². The molecule has 0 aliphatic carbocycles. The predicted octanol–water partition coefficient (Wildman–Crippen LogP) is 2.41. The third kappa shape index (κ3) is 8.08. The molecule has 1 unspecified atom stereocenters. The van der Waals surface area contributed by atoms with Crippen molar-refractivity contribution in [2.24, 2.45) is 10.9 Å². The average Bonchev–Trinajstić information content (AvgIpc) is 2.60. The van der Waals surface area contributed by atoms with Gasteiger partial charge in [0.25, 0.3) is 0 Å². The van der Waals surface area contributed by atoms with Gasteiger partial charge < -0.3 is 15.4 Å². The van der Waals surface area contributed by atoms with Crippen LogP contribution >= 0.6 is 11.6 Å². The Kier molecular flexibility index (Phi) is 9.08. The van der Waals surface area contributed by atoms with Gasteiger partial charge >= 0.3 is 0 Å². The molecule has 140 valence electrons. The van der Waals surface area contributed by atoms with Gasteiger partial charge in [-0.05, 0) is 37.0 Å². The highest BCUT2D eigenvalue weighted by Crippen LogP contribution is 2.10. The molecule has 25 heavy (non-hydrogen) atoms. The molecule has 2 N–H and O–H groups in total. The summed E-state index contributed by atoms with van der Waals surface area (Å²) in [5.74, 6) is 1.42. The molecule has 1 saturated heterocycles. The van der Waals surface area contributed by atoms with Crippen molar-refractivity contribution in [3.63, 3.8) is 0 Å². The molecule has 0 bridgehead atoms. The Morgan fingerprint density at radius 1 is 1.32 bits per heavy atom. The van der Waals surface area contributed by atoms with E-state index in [1.165, 1.54) is 5.56 Å². The maximum atomic E-state index is 6.03. The van der Waals surface area contributed by atoms with E-state index in [2.05, 4.69) is 35.4 Å². The maximum Gasteiger partial charge on any atom is 0.191 e. The molecular weight excluding hydrogens is 336 g/mol. The number of rotatable bonds is 8. The smallest absolute Gasteiger partial charge is 0.191 e. The molecule has 2 rings (SSSR count). The minimum absolute atomic E-state index is 0.529. The van der Waals surface area contributed by atoms with Gasteiger partial charge in [-0.3, -0.25) is 9.89 Å². The monoisotopic (exact) mass is 366 g/mol. The Hall–Kier alpha value is -1.30. The summed E-state index contributed by atoms with van der Waals surface area (Å²) in [5, 5.41) is 7.52. The Labute approximate surface area is 156 Å². The van der Waals surface area contributed by atoms with Gasteiger partial charge in [0.05, 0.1) is 13.2 Å². The summed E-state index contributed by atoms with van der Waals surface area (Å²) in [5.41, 5.74) is 1.23. The van der Waals surface area contributed by atoms with Crippen LogP contribution in [-0.2, 0) is 11.2 Å². The van der Waals surface area contributed by atoms with E-state index in [0.29, 0.717) is 5.92 Å². The van der Waals surface area contributed by atoms with Crippen molar-refractivity contribution < 1.29 is 4.74 Å². The van der Waals surface area contributed by atoms with Crippen molar-refractivity contribution in [3.8, 4) is 0 Å². The summed E-state index contributed by atoms with van der Waals surface area (Å²) in [6.07, 6.45) is 0.925. The molecule has 0 saturated carbocycles. The Balaban J connectivity index is 1.74. The van der Waals surface area contributed by atoms with Crippen molar-refractivity contribution in [1.82, 2.24) is 15.5 Å². The van der Waals surface area contributed by atoms with Gasteiger partial charge in [-0.2, -0.15) is 0 Å². The zero-order valence-corrected chi connectivity index (χ0v) is 16.2. The number of guanidine groups is 1. The summed E-state index contributed by atoms with van der Waals surface area (Å²) in [6, 6.07) is 8.00. The van der Waals surface area contributed by atoms with Crippen LogP contribution in [0.4, 0.5) is 0 Å². The van der Waals surface area contributed by atoms with Crippen molar-refractivity contribution in [1.29, 1.82) is 0 Å². The van der Waals surface area contributed by atoms with Crippen LogP contribution in [0, 0.1) is 5.92 Å². The van der Waals surface area contributed by atoms with Crippen LogP contribution in [-0.4, -0.2) is 63.3 Å². The van der Waals surface area contributed by atoms with Gasteiger partial charge in [-0.25, -0.2) is 0 Å². The average molecular weight is 367 g/mol. The van der Waals surface area contributed by atoms with Gasteiger partial charge in [0, 0.05) is 44.3 Å². The van der Waals surface area contributed by atoms with E-state index in [1.54, 1.807) is 0 Å². The van der Waals surface area contributed by atoms with Crippen LogP contribution in [0.1, 0.15) is 19.4 Å². The molecule has 6 heteroatoms. The first kappa shape index (κ1) is 20.0. The van der Waals surface area contributed by atoms with Crippen molar-refractivity contribution in [2.45, 2.75) is 20.3 Å². The molecule has 1 aliphatic rings. The highest BCUT2D eigenvalue weighted by Gasteiger charge is 2.13. The molecule has 1 atom stereocenters. The summed E-state index contributed by atoms with van der Waals surface area (Å²) in [7, 11) is 0. The molecule has 5 nitrogen and oxygen atoms in total. The van der Waals surface area contributed by atoms with Crippen molar-refractivity contribution >= 4 is 17.6 Å². The fourth-order valence-corrected chi connectivity index (χ4v) is 3.10. The number of nitrogens with one attached hydrogen (secondary N) is 2. The second kappa shape index (κ2) is 11.3. The lowest BCUT2D eigenvalue weighted by Crippen LogP contribution is -2.40. The fraction of sp³-hybridized carbons (Fsp3) is 0.632. The van der Waals surface area contributed by atoms with Crippen LogP contribution in [0.25, 0.3) is 0 Å². The number of benzene rings is 1. The third-order valence-corrected chi connectivity index (χ3v) is 4.41. The van der Waals surface area contributed by atoms with E-state index in [0.717, 1.165) is 69.9 Å². The molecule has 1 aromatic carbocycles. The zero-order valence-electron chi connectivity index (χ0n) is 15.4. The molecule has 1 aliphatic heterocycles. The van der Waals surface area contributed by atoms with Crippen LogP contribution in [0.2, 0.25) is 5.02 Å². The highest BCUT2D eigenvalue weighted by molar-refractivity contribution is 6.30. The quantitative estimate of drug-likeness (QED) is 0.548. The molecule has 0 amide bonds. The first-order valence-electron chi connectivity index (χ1n) is 9.24. The maximum absolute atomic E-state index is 6.03. The number of hydrogen-bond donors (Lipinski definition) is 2. The number of nitrogens with zero attached hydrogens (tertiary/aromatic N) is 2. The van der Waals surface area contributed by atoms with Crippen LogP contribution in [0.3, 0.4) is 0 Å². The van der Waals surface area contributed by atoms with Crippen LogP contribution < -0.4 is 10.6 Å². The van der Waals surface area contributed by atoms with Crippen LogP contribution in [0.15, 0.2) is 29.3 Å². The third-order valence-electron chi connectivity index (χ3n) is 4.17. The fourth-order valence-electron chi connectivity index (χ4n) is 2.89. The van der Waals surface area contributed by atoms with E-state index in [1.807, 2.05) is 18.2 Å². The van der Waals surface area contributed by atoms with Gasteiger partial charge in [-0.1, -0.05) is 30.7 Å². The molecule has 0 aromatic heterocycles. The predicted molar refractivity (Wildman–Crippen MR) is 106 cm³/mol. The number of morpholine rings is 1. The van der Waals surface area contributed by atoms with Gasteiger partial charge in [0.15, 0.2) is 5.96 Å². The van der Waals surface area contributed by atoms with Crippen molar-refractivity contribution in [2.75, 3.05) is 52.5 Å². The van der Waals surface area contributed by atoms with E-state index in [4.69, 9.17) is 21.3 Å². The van der Waals surface area contributed by atoms with E-state index in [-0.39, 0.29) is 0 Å². The summed E-state index contributed by atoms with van der Waals surface area (Å²) in [6.45, 7) is 11.7. The molecule has 1 heterocycles. The van der Waals surface area contributed by atoms with E-state index >= 15 is 0 Å². The number of hydrogen-bond acceptors (Lipinski definition) is 3. The number of halogens is 1. The molecule has 0 spiro atoms. The summed E-state index contributed by atoms with van der Waals surface area (Å²) in [4.78, 5) is 7.20. The molecule has 1 fully saturated rings. The van der Waals surface area contributed by atoms with Crippen molar-refractivity contribution in [3.05, 3.63) is 34.9 Å². The number of ether oxygens (including phenoxy) is 1. The number of aliphatic imine (C=N–C) groups is 1. The minimum atomic E-state index is 0.529. The lowest BCUT2D eigenvalue weighted by molar-refractivity contribution is 0.0323. The summed E-state index contributed by atoms with van der Waals surface area (Å²) >= 11 is 6.03. The Morgan fingerprint density at radius 2 is 2.12 bits per heavy atom. The molecular formula is C19H31ClN4O. The van der Waals surface area contributed by atoms with E-state index < -0.39 is 0 Å². The minimum Gasteiger partial charge on any atom is -0.379 e.